The largest absolute Gasteiger partial charge is 0.166 e. The van der Waals surface area contributed by atoms with Crippen molar-refractivity contribution in [1.82, 2.24) is 0 Å². The molecule has 2 saturated carbocycles. The molecule has 0 N–H and O–H groups in total. The van der Waals surface area contributed by atoms with Gasteiger partial charge in [0.15, 0.2) is 4.33 Å². The maximum atomic E-state index is 6.76. The van der Waals surface area contributed by atoms with Gasteiger partial charge in [0.2, 0.25) is 0 Å². The van der Waals surface area contributed by atoms with Crippen molar-refractivity contribution in [3.8, 4) is 0 Å². The molecule has 0 aromatic carbocycles. The van der Waals surface area contributed by atoms with Crippen LogP contribution in [0.5, 0.6) is 0 Å². The number of allylic oxidation sites excluding steroid dienone is 4. The van der Waals surface area contributed by atoms with Gasteiger partial charge in [-0.2, -0.15) is 0 Å². The highest BCUT2D eigenvalue weighted by molar-refractivity contribution is 6.65. The van der Waals surface area contributed by atoms with Gasteiger partial charge >= 0.3 is 0 Å². The van der Waals surface area contributed by atoms with Gasteiger partial charge in [-0.15, -0.1) is 23.2 Å². The molecule has 6 atom stereocenters. The summed E-state index contributed by atoms with van der Waals surface area (Å²) in [5.74, 6) is 0.815. The molecule has 0 saturated heterocycles. The van der Waals surface area contributed by atoms with Gasteiger partial charge in [0, 0.05) is 0 Å². The zero-order valence-electron chi connectivity index (χ0n) is 8.94. The first kappa shape index (κ1) is 12.9. The first-order chi connectivity index (χ1) is 8.28. The second kappa shape index (κ2) is 3.34. The van der Waals surface area contributed by atoms with Crippen molar-refractivity contribution in [3.63, 3.8) is 0 Å². The summed E-state index contributed by atoms with van der Waals surface area (Å²) in [4.78, 5) is -2.13. The van der Waals surface area contributed by atoms with Crippen molar-refractivity contribution in [1.29, 1.82) is 0 Å². The van der Waals surface area contributed by atoms with Gasteiger partial charge in [-0.3, -0.25) is 0 Å². The Hall–Kier alpha value is 1.22. The zero-order chi connectivity index (χ0) is 13.1. The number of hydrogen-bond donors (Lipinski definition) is 0. The fourth-order valence-electron chi connectivity index (χ4n) is 4.48. The van der Waals surface area contributed by atoms with Gasteiger partial charge in [0.1, 0.15) is 9.75 Å². The van der Waals surface area contributed by atoms with Crippen LogP contribution in [0.2, 0.25) is 0 Å². The van der Waals surface area contributed by atoms with E-state index in [0.29, 0.717) is 21.9 Å². The summed E-state index contributed by atoms with van der Waals surface area (Å²) < 4.78 is -1.37. The Kier molecular flexibility index (Phi) is 2.40. The number of fused-ring (bicyclic) bond motifs is 9. The minimum absolute atomic E-state index is 0.0664. The predicted molar refractivity (Wildman–Crippen MR) is 78.1 cm³/mol. The Morgan fingerprint density at radius 1 is 0.833 bits per heavy atom. The Balaban J connectivity index is 2.03. The maximum Gasteiger partial charge on any atom is 0.166 e. The molecule has 0 unspecified atom stereocenters. The molecule has 98 valence electrons. The second-order valence-corrected chi connectivity index (χ2v) is 8.90. The number of halogens is 6. The van der Waals surface area contributed by atoms with Gasteiger partial charge in [0.25, 0.3) is 0 Å². The SMILES string of the molecule is ClC1=C(Cl)[C@]2(Cl)[C@H]3[C@H]([C@H]4C=C[C@@H]3C4)[C@@]1(Cl)C2(Cl)Cl. The molecule has 0 aliphatic heterocycles. The van der Waals surface area contributed by atoms with Crippen LogP contribution >= 0.6 is 69.6 Å². The molecule has 0 amide bonds. The maximum absolute atomic E-state index is 6.76. The average Bonchev–Trinajstić information content (AvgIpc) is 2.97. The average molecular weight is 365 g/mol. The molecule has 0 aromatic rings. The minimum atomic E-state index is -1.37. The summed E-state index contributed by atoms with van der Waals surface area (Å²) in [6, 6.07) is 0. The monoisotopic (exact) mass is 362 g/mol. The van der Waals surface area contributed by atoms with Crippen molar-refractivity contribution in [3.05, 3.63) is 22.2 Å². The standard InChI is InChI=1S/C12H8Cl6/c13-8-9(14)11(16)7-5-2-1-4(3-5)6(7)10(8,15)12(11,17)18/h1-2,4-7H,3H2/t4-,5+,6-,7+,10-,11+. The third kappa shape index (κ3) is 0.973. The normalized spacial score (nSPS) is 58.8. The van der Waals surface area contributed by atoms with Crippen LogP contribution in [0.25, 0.3) is 0 Å². The van der Waals surface area contributed by atoms with E-state index in [1.54, 1.807) is 0 Å². The molecule has 18 heavy (non-hydrogen) atoms. The fraction of sp³-hybridized carbons (Fsp3) is 0.667. The molecule has 6 heteroatoms. The van der Waals surface area contributed by atoms with Crippen LogP contribution in [0.3, 0.4) is 0 Å². The lowest BCUT2D eigenvalue weighted by Crippen LogP contribution is -2.46. The first-order valence-corrected chi connectivity index (χ1v) is 8.05. The van der Waals surface area contributed by atoms with E-state index in [1.807, 2.05) is 0 Å². The molecule has 4 rings (SSSR count). The van der Waals surface area contributed by atoms with Crippen molar-refractivity contribution in [2.45, 2.75) is 20.5 Å². The molecule has 0 heterocycles. The zero-order valence-corrected chi connectivity index (χ0v) is 13.5. The van der Waals surface area contributed by atoms with E-state index in [4.69, 9.17) is 69.6 Å². The Labute approximate surface area is 135 Å². The topological polar surface area (TPSA) is 0 Å². The molecule has 0 radical (unpaired) electrons. The Bertz CT molecular complexity index is 481. The highest BCUT2D eigenvalue weighted by Crippen LogP contribution is 2.81. The summed E-state index contributed by atoms with van der Waals surface area (Å²) >= 11 is 39.2. The van der Waals surface area contributed by atoms with Crippen LogP contribution in [0.15, 0.2) is 22.2 Å². The van der Waals surface area contributed by atoms with Gasteiger partial charge in [-0.05, 0) is 30.1 Å². The van der Waals surface area contributed by atoms with E-state index >= 15 is 0 Å². The minimum Gasteiger partial charge on any atom is -0.109 e. The van der Waals surface area contributed by atoms with Crippen molar-refractivity contribution >= 4 is 69.6 Å². The van der Waals surface area contributed by atoms with Gasteiger partial charge in [-0.1, -0.05) is 58.6 Å². The van der Waals surface area contributed by atoms with E-state index in [2.05, 4.69) is 12.2 Å². The van der Waals surface area contributed by atoms with Gasteiger partial charge in [0.05, 0.1) is 10.1 Å². The van der Waals surface area contributed by atoms with Gasteiger partial charge < -0.3 is 0 Å². The lowest BCUT2D eigenvalue weighted by Gasteiger charge is -2.37. The van der Waals surface area contributed by atoms with Crippen LogP contribution in [0.4, 0.5) is 0 Å². The number of hydrogen-bond acceptors (Lipinski definition) is 0. The molecule has 4 aliphatic rings. The van der Waals surface area contributed by atoms with Crippen molar-refractivity contribution in [2.75, 3.05) is 0 Å². The van der Waals surface area contributed by atoms with Crippen LogP contribution in [-0.2, 0) is 0 Å². The van der Waals surface area contributed by atoms with Crippen LogP contribution < -0.4 is 0 Å². The lowest BCUT2D eigenvalue weighted by atomic mass is 9.75. The number of alkyl halides is 4. The third-order valence-electron chi connectivity index (χ3n) is 5.12. The van der Waals surface area contributed by atoms with Crippen LogP contribution in [-0.4, -0.2) is 14.1 Å². The Morgan fingerprint density at radius 2 is 1.22 bits per heavy atom. The van der Waals surface area contributed by atoms with E-state index < -0.39 is 14.1 Å². The summed E-state index contributed by atoms with van der Waals surface area (Å²) in [7, 11) is 0. The molecule has 0 aromatic heterocycles. The molecule has 4 bridgehead atoms. The quantitative estimate of drug-likeness (QED) is 0.312. The summed E-state index contributed by atoms with van der Waals surface area (Å²) in [5, 5.41) is 0.654. The van der Waals surface area contributed by atoms with Gasteiger partial charge in [-0.25, -0.2) is 0 Å². The highest BCUT2D eigenvalue weighted by Gasteiger charge is 2.85. The first-order valence-electron chi connectivity index (χ1n) is 5.78. The molecular weight excluding hydrogens is 357 g/mol. The van der Waals surface area contributed by atoms with E-state index in [0.717, 1.165) is 6.42 Å². The third-order valence-corrected chi connectivity index (χ3v) is 9.42. The summed E-state index contributed by atoms with van der Waals surface area (Å²) in [6.07, 6.45) is 5.40. The lowest BCUT2D eigenvalue weighted by molar-refractivity contribution is 0.305. The smallest absolute Gasteiger partial charge is 0.109 e. The molecule has 4 aliphatic carbocycles. The van der Waals surface area contributed by atoms with Crippen molar-refractivity contribution in [2.24, 2.45) is 23.7 Å². The molecule has 2 fully saturated rings. The highest BCUT2D eigenvalue weighted by atomic mass is 35.5. The van der Waals surface area contributed by atoms with Crippen molar-refractivity contribution < 1.29 is 0 Å². The molecular formula is C12H8Cl6. The van der Waals surface area contributed by atoms with E-state index in [9.17, 15) is 0 Å². The fourth-order valence-corrected chi connectivity index (χ4v) is 7.61. The predicted octanol–water partition coefficient (Wildman–Crippen LogP) is 5.27. The van der Waals surface area contributed by atoms with E-state index in [-0.39, 0.29) is 11.8 Å². The summed E-state index contributed by atoms with van der Waals surface area (Å²) in [5.41, 5.74) is 0. The van der Waals surface area contributed by atoms with E-state index in [1.165, 1.54) is 0 Å². The van der Waals surface area contributed by atoms with Crippen LogP contribution in [0, 0.1) is 23.7 Å². The summed E-state index contributed by atoms with van der Waals surface area (Å²) in [6.45, 7) is 0. The second-order valence-electron chi connectivity index (χ2n) is 5.63. The number of rotatable bonds is 0. The molecule has 0 nitrogen and oxygen atoms in total. The van der Waals surface area contributed by atoms with Crippen LogP contribution in [0.1, 0.15) is 6.42 Å². The molecule has 0 spiro atoms. The Morgan fingerprint density at radius 3 is 1.61 bits per heavy atom.